The molecule has 0 spiro atoms. The summed E-state index contributed by atoms with van der Waals surface area (Å²) in [7, 11) is 0. The van der Waals surface area contributed by atoms with Gasteiger partial charge in [0.05, 0.1) is 0 Å². The number of fused-ring (bicyclic) bond motifs is 1. The molecular weight excluding hydrogens is 324 g/mol. The van der Waals surface area contributed by atoms with Crippen molar-refractivity contribution < 1.29 is 0 Å². The van der Waals surface area contributed by atoms with Crippen LogP contribution >= 0.6 is 0 Å². The molecule has 0 radical (unpaired) electrons. The molecule has 162 valence electrons. The zero-order valence-corrected chi connectivity index (χ0v) is 20.7. The van der Waals surface area contributed by atoms with Crippen molar-refractivity contribution in [2.45, 2.75) is 139 Å². The van der Waals surface area contributed by atoms with Crippen molar-refractivity contribution >= 4 is 0 Å². The van der Waals surface area contributed by atoms with Gasteiger partial charge in [-0.05, 0) is 66.1 Å². The topological polar surface area (TPSA) is 0 Å². The van der Waals surface area contributed by atoms with Crippen LogP contribution in [0.4, 0.5) is 0 Å². The third-order valence-electron chi connectivity index (χ3n) is 9.11. The van der Waals surface area contributed by atoms with Crippen LogP contribution < -0.4 is 0 Å². The summed E-state index contributed by atoms with van der Waals surface area (Å²) in [5.74, 6) is 2.74. The lowest BCUT2D eigenvalue weighted by Crippen LogP contribution is -2.48. The Hall–Kier alpha value is 0. The highest BCUT2D eigenvalue weighted by Gasteiger charge is 2.51. The minimum absolute atomic E-state index is 0.582. The molecule has 2 fully saturated rings. The molecule has 5 atom stereocenters. The molecule has 5 unspecified atom stereocenters. The third kappa shape index (κ3) is 6.50. The molecule has 0 amide bonds. The van der Waals surface area contributed by atoms with E-state index in [4.69, 9.17) is 0 Å². The first-order valence-electron chi connectivity index (χ1n) is 12.6. The molecule has 0 heterocycles. The van der Waals surface area contributed by atoms with Gasteiger partial charge >= 0.3 is 0 Å². The fourth-order valence-corrected chi connectivity index (χ4v) is 6.56. The SMILES string of the molecule is CCC1(C)CCCCC2C(C)(CCCC2(C)C(C)C)C1.CCCC(C)CC. The second kappa shape index (κ2) is 10.7. The molecule has 2 rings (SSSR count). The molecule has 2 aliphatic rings. The van der Waals surface area contributed by atoms with Gasteiger partial charge in [-0.15, -0.1) is 0 Å². The number of hydrogen-bond donors (Lipinski definition) is 0. The Morgan fingerprint density at radius 2 is 1.52 bits per heavy atom. The van der Waals surface area contributed by atoms with Gasteiger partial charge in [0.25, 0.3) is 0 Å². The summed E-state index contributed by atoms with van der Waals surface area (Å²) in [6.07, 6.45) is 17.2. The van der Waals surface area contributed by atoms with E-state index < -0.39 is 0 Å². The zero-order valence-electron chi connectivity index (χ0n) is 20.7. The lowest BCUT2D eigenvalue weighted by atomic mass is 9.47. The van der Waals surface area contributed by atoms with Gasteiger partial charge in [-0.25, -0.2) is 0 Å². The molecule has 0 aromatic heterocycles. The second-order valence-electron chi connectivity index (χ2n) is 11.6. The fourth-order valence-electron chi connectivity index (χ4n) is 6.56. The van der Waals surface area contributed by atoms with Gasteiger partial charge in [0.2, 0.25) is 0 Å². The van der Waals surface area contributed by atoms with E-state index in [2.05, 4.69) is 62.3 Å². The van der Waals surface area contributed by atoms with E-state index in [0.29, 0.717) is 16.2 Å². The van der Waals surface area contributed by atoms with Crippen LogP contribution in [0, 0.1) is 34.0 Å². The second-order valence-corrected chi connectivity index (χ2v) is 11.6. The summed E-state index contributed by atoms with van der Waals surface area (Å²) in [6, 6.07) is 0. The molecule has 0 bridgehead atoms. The maximum Gasteiger partial charge on any atom is -0.0269 e. The summed E-state index contributed by atoms with van der Waals surface area (Å²) < 4.78 is 0. The summed E-state index contributed by atoms with van der Waals surface area (Å²) in [5, 5.41) is 0. The Labute approximate surface area is 173 Å². The minimum atomic E-state index is 0.582. The van der Waals surface area contributed by atoms with Crippen molar-refractivity contribution in [2.24, 2.45) is 34.0 Å². The summed E-state index contributed by atoms with van der Waals surface area (Å²) >= 11 is 0. The lowest BCUT2D eigenvalue weighted by Gasteiger charge is -2.58. The van der Waals surface area contributed by atoms with Gasteiger partial charge in [0.15, 0.2) is 0 Å². The van der Waals surface area contributed by atoms with E-state index in [1.807, 2.05) is 0 Å². The van der Waals surface area contributed by atoms with Crippen molar-refractivity contribution in [3.8, 4) is 0 Å². The summed E-state index contributed by atoms with van der Waals surface area (Å²) in [5.41, 5.74) is 1.78. The van der Waals surface area contributed by atoms with Crippen LogP contribution in [0.15, 0.2) is 0 Å². The molecule has 0 aromatic rings. The standard InChI is InChI=1S/C20H38.C7H16/c1-7-18(4)12-9-8-11-17-19(5,15-18)13-10-14-20(17,6)16(2)3;1-4-6-7(3)5-2/h16-17H,7-15H2,1-6H3;7H,4-6H2,1-3H3. The zero-order chi connectivity index (χ0) is 20.7. The molecule has 0 saturated heterocycles. The van der Waals surface area contributed by atoms with Crippen LogP contribution in [-0.2, 0) is 0 Å². The van der Waals surface area contributed by atoms with E-state index >= 15 is 0 Å². The van der Waals surface area contributed by atoms with E-state index in [-0.39, 0.29) is 0 Å². The Balaban J connectivity index is 0.000000445. The van der Waals surface area contributed by atoms with E-state index in [1.54, 1.807) is 0 Å². The molecule has 0 nitrogen and oxygen atoms in total. The largest absolute Gasteiger partial charge is 0.0654 e. The highest BCUT2D eigenvalue weighted by Crippen LogP contribution is 2.61. The van der Waals surface area contributed by atoms with Gasteiger partial charge in [0, 0.05) is 0 Å². The third-order valence-corrected chi connectivity index (χ3v) is 9.11. The van der Waals surface area contributed by atoms with Crippen LogP contribution in [0.2, 0.25) is 0 Å². The Kier molecular flexibility index (Phi) is 9.91. The first kappa shape index (κ1) is 25.0. The van der Waals surface area contributed by atoms with Crippen molar-refractivity contribution in [3.63, 3.8) is 0 Å². The van der Waals surface area contributed by atoms with Crippen LogP contribution in [0.5, 0.6) is 0 Å². The van der Waals surface area contributed by atoms with E-state index in [1.165, 1.54) is 77.0 Å². The van der Waals surface area contributed by atoms with Gasteiger partial charge < -0.3 is 0 Å². The van der Waals surface area contributed by atoms with Gasteiger partial charge in [-0.1, -0.05) is 107 Å². The van der Waals surface area contributed by atoms with Gasteiger partial charge in [-0.3, -0.25) is 0 Å². The predicted octanol–water partition coefficient (Wildman–Crippen LogP) is 9.67. The average Bonchev–Trinajstić information content (AvgIpc) is 2.59. The van der Waals surface area contributed by atoms with E-state index in [0.717, 1.165) is 17.8 Å². The molecule has 0 N–H and O–H groups in total. The first-order valence-corrected chi connectivity index (χ1v) is 12.6. The minimum Gasteiger partial charge on any atom is -0.0654 e. The highest BCUT2D eigenvalue weighted by atomic mass is 14.6. The van der Waals surface area contributed by atoms with Crippen molar-refractivity contribution in [1.82, 2.24) is 0 Å². The van der Waals surface area contributed by atoms with Crippen molar-refractivity contribution in [3.05, 3.63) is 0 Å². The van der Waals surface area contributed by atoms with Gasteiger partial charge in [0.1, 0.15) is 0 Å². The monoisotopic (exact) mass is 378 g/mol. The molecule has 2 aliphatic carbocycles. The molecule has 0 aliphatic heterocycles. The fraction of sp³-hybridized carbons (Fsp3) is 1.00. The summed E-state index contributed by atoms with van der Waals surface area (Å²) in [4.78, 5) is 0. The van der Waals surface area contributed by atoms with Crippen molar-refractivity contribution in [1.29, 1.82) is 0 Å². The maximum absolute atomic E-state index is 2.65. The van der Waals surface area contributed by atoms with Crippen LogP contribution in [0.25, 0.3) is 0 Å². The maximum atomic E-state index is 2.65. The van der Waals surface area contributed by atoms with Crippen LogP contribution in [0.3, 0.4) is 0 Å². The lowest BCUT2D eigenvalue weighted by molar-refractivity contribution is -0.0786. The number of hydrogen-bond acceptors (Lipinski definition) is 0. The Morgan fingerprint density at radius 3 is 2.00 bits per heavy atom. The molecule has 0 aromatic carbocycles. The normalized spacial score (nSPS) is 38.2. The Bertz CT molecular complexity index is 410. The molecular formula is C27H54. The van der Waals surface area contributed by atoms with E-state index in [9.17, 15) is 0 Å². The highest BCUT2D eigenvalue weighted by molar-refractivity contribution is 5.01. The quantitative estimate of drug-likeness (QED) is 0.446. The Morgan fingerprint density at radius 1 is 0.852 bits per heavy atom. The molecule has 2 saturated carbocycles. The average molecular weight is 379 g/mol. The smallest absolute Gasteiger partial charge is 0.0269 e. The van der Waals surface area contributed by atoms with Crippen LogP contribution in [-0.4, -0.2) is 0 Å². The van der Waals surface area contributed by atoms with Gasteiger partial charge in [-0.2, -0.15) is 0 Å². The van der Waals surface area contributed by atoms with Crippen molar-refractivity contribution in [2.75, 3.05) is 0 Å². The predicted molar refractivity (Wildman–Crippen MR) is 124 cm³/mol. The van der Waals surface area contributed by atoms with Crippen LogP contribution in [0.1, 0.15) is 139 Å². The number of rotatable bonds is 5. The summed E-state index contributed by atoms with van der Waals surface area (Å²) in [6.45, 7) is 22.0. The first-order chi connectivity index (χ1) is 12.6. The molecule has 0 heteroatoms. The molecule has 27 heavy (non-hydrogen) atoms.